The second-order valence-corrected chi connectivity index (χ2v) is 4.07. The number of pyridine rings is 1. The number of H-pyrrole nitrogens is 1. The topological polar surface area (TPSA) is 67.8 Å². The van der Waals surface area contributed by atoms with Gasteiger partial charge < -0.3 is 0 Å². The Morgan fingerprint density at radius 2 is 2.22 bits per heavy atom. The largest absolute Gasteiger partial charge is 0.330 e. The van der Waals surface area contributed by atoms with E-state index in [1.807, 2.05) is 0 Å². The van der Waals surface area contributed by atoms with Crippen LogP contribution in [0.25, 0.3) is 0 Å². The molecule has 2 aromatic rings. The first-order valence-corrected chi connectivity index (χ1v) is 5.50. The minimum atomic E-state index is -1.17. The molecule has 0 aliphatic carbocycles. The van der Waals surface area contributed by atoms with Crippen LogP contribution in [-0.4, -0.2) is 14.5 Å². The van der Waals surface area contributed by atoms with E-state index in [2.05, 4.69) is 9.97 Å². The van der Waals surface area contributed by atoms with Crippen LogP contribution in [0.5, 0.6) is 0 Å². The molecule has 1 unspecified atom stereocenters. The standard InChI is InChI=1S/C11H9ClFN3O2/c1-6(7-3-2-4-14-5-7)16-10(17)8(13)9(12)15-11(16)18/h2-6H,1H3,(H,15,18). The Kier molecular flexibility index (Phi) is 3.29. The van der Waals surface area contributed by atoms with Gasteiger partial charge in [-0.2, -0.15) is 4.39 Å². The SMILES string of the molecule is CC(c1cccnc1)n1c(=O)[nH]c(Cl)c(F)c1=O. The number of halogens is 2. The van der Waals surface area contributed by atoms with Gasteiger partial charge in [0.2, 0.25) is 5.82 Å². The smallest absolute Gasteiger partial charge is 0.295 e. The molecule has 0 aliphatic rings. The van der Waals surface area contributed by atoms with Gasteiger partial charge in [0, 0.05) is 12.4 Å². The van der Waals surface area contributed by atoms with Crippen LogP contribution in [0.4, 0.5) is 4.39 Å². The molecule has 1 atom stereocenters. The van der Waals surface area contributed by atoms with Gasteiger partial charge in [-0.25, -0.2) is 4.79 Å². The van der Waals surface area contributed by atoms with Crippen LogP contribution in [0, 0.1) is 5.82 Å². The third-order valence-corrected chi connectivity index (χ3v) is 2.85. The summed E-state index contributed by atoms with van der Waals surface area (Å²) >= 11 is 5.39. The van der Waals surface area contributed by atoms with Gasteiger partial charge >= 0.3 is 5.69 Å². The molecule has 0 saturated carbocycles. The second kappa shape index (κ2) is 4.73. The Morgan fingerprint density at radius 1 is 1.50 bits per heavy atom. The maximum absolute atomic E-state index is 13.4. The lowest BCUT2D eigenvalue weighted by Gasteiger charge is -2.13. The summed E-state index contributed by atoms with van der Waals surface area (Å²) < 4.78 is 14.2. The summed E-state index contributed by atoms with van der Waals surface area (Å²) in [6.07, 6.45) is 3.06. The lowest BCUT2D eigenvalue weighted by molar-refractivity contribution is 0.514. The zero-order valence-electron chi connectivity index (χ0n) is 9.35. The summed E-state index contributed by atoms with van der Waals surface area (Å²) in [7, 11) is 0. The van der Waals surface area contributed by atoms with E-state index in [1.165, 1.54) is 6.20 Å². The molecular weight excluding hydrogens is 261 g/mol. The maximum atomic E-state index is 13.4. The fourth-order valence-electron chi connectivity index (χ4n) is 1.62. The van der Waals surface area contributed by atoms with Crippen molar-refractivity contribution in [1.82, 2.24) is 14.5 Å². The molecule has 0 saturated heterocycles. The van der Waals surface area contributed by atoms with E-state index in [0.29, 0.717) is 5.56 Å². The molecule has 7 heteroatoms. The molecule has 0 spiro atoms. The Labute approximate surface area is 106 Å². The van der Waals surface area contributed by atoms with E-state index in [4.69, 9.17) is 11.6 Å². The van der Waals surface area contributed by atoms with Crippen molar-refractivity contribution in [1.29, 1.82) is 0 Å². The van der Waals surface area contributed by atoms with Crippen molar-refractivity contribution in [2.75, 3.05) is 0 Å². The monoisotopic (exact) mass is 269 g/mol. The Hall–Kier alpha value is -1.95. The molecule has 0 aliphatic heterocycles. The molecule has 2 aromatic heterocycles. The predicted octanol–water partition coefficient (Wildman–Crippen LogP) is 1.33. The second-order valence-electron chi connectivity index (χ2n) is 3.70. The maximum Gasteiger partial charge on any atom is 0.330 e. The van der Waals surface area contributed by atoms with Crippen molar-refractivity contribution in [3.8, 4) is 0 Å². The van der Waals surface area contributed by atoms with Gasteiger partial charge in [0.05, 0.1) is 6.04 Å². The van der Waals surface area contributed by atoms with Gasteiger partial charge in [0.25, 0.3) is 5.56 Å². The molecule has 2 rings (SSSR count). The van der Waals surface area contributed by atoms with E-state index >= 15 is 0 Å². The van der Waals surface area contributed by atoms with Crippen molar-refractivity contribution in [2.45, 2.75) is 13.0 Å². The average molecular weight is 270 g/mol. The van der Waals surface area contributed by atoms with Crippen LogP contribution < -0.4 is 11.2 Å². The molecular formula is C11H9ClFN3O2. The number of hydrogen-bond donors (Lipinski definition) is 1. The molecule has 0 aromatic carbocycles. The Morgan fingerprint density at radius 3 is 2.83 bits per heavy atom. The molecule has 0 bridgehead atoms. The molecule has 2 heterocycles. The minimum Gasteiger partial charge on any atom is -0.295 e. The molecule has 94 valence electrons. The van der Waals surface area contributed by atoms with Crippen LogP contribution in [-0.2, 0) is 0 Å². The first-order valence-electron chi connectivity index (χ1n) is 5.12. The highest BCUT2D eigenvalue weighted by molar-refractivity contribution is 6.29. The molecule has 0 fully saturated rings. The Balaban J connectivity index is 2.63. The van der Waals surface area contributed by atoms with Crippen molar-refractivity contribution < 1.29 is 4.39 Å². The minimum absolute atomic E-state index is 0.584. The zero-order valence-corrected chi connectivity index (χ0v) is 10.1. The summed E-state index contributed by atoms with van der Waals surface area (Å²) in [4.78, 5) is 29.3. The zero-order chi connectivity index (χ0) is 13.3. The van der Waals surface area contributed by atoms with Gasteiger partial charge in [0.15, 0.2) is 5.15 Å². The van der Waals surface area contributed by atoms with Crippen molar-refractivity contribution >= 4 is 11.6 Å². The number of hydrogen-bond acceptors (Lipinski definition) is 3. The molecule has 0 radical (unpaired) electrons. The fraction of sp³-hybridized carbons (Fsp3) is 0.182. The first kappa shape index (κ1) is 12.5. The number of rotatable bonds is 2. The van der Waals surface area contributed by atoms with Crippen molar-refractivity contribution in [2.24, 2.45) is 0 Å². The normalized spacial score (nSPS) is 12.4. The van der Waals surface area contributed by atoms with Gasteiger partial charge in [-0.3, -0.25) is 19.3 Å². The molecule has 5 nitrogen and oxygen atoms in total. The number of nitrogens with zero attached hydrogens (tertiary/aromatic N) is 2. The quantitative estimate of drug-likeness (QED) is 0.837. The van der Waals surface area contributed by atoms with Gasteiger partial charge in [-0.15, -0.1) is 0 Å². The molecule has 1 N–H and O–H groups in total. The van der Waals surface area contributed by atoms with Crippen molar-refractivity contribution in [3.05, 3.63) is 61.9 Å². The van der Waals surface area contributed by atoms with Crippen molar-refractivity contribution in [3.63, 3.8) is 0 Å². The summed E-state index contributed by atoms with van der Waals surface area (Å²) in [6.45, 7) is 1.60. The highest BCUT2D eigenvalue weighted by atomic mass is 35.5. The van der Waals surface area contributed by atoms with E-state index < -0.39 is 28.3 Å². The number of nitrogens with one attached hydrogen (secondary N) is 1. The van der Waals surface area contributed by atoms with Crippen LogP contribution in [0.3, 0.4) is 0 Å². The van der Waals surface area contributed by atoms with Gasteiger partial charge in [0.1, 0.15) is 0 Å². The summed E-state index contributed by atoms with van der Waals surface area (Å²) in [5, 5.41) is -0.584. The third kappa shape index (κ3) is 2.06. The van der Waals surface area contributed by atoms with Gasteiger partial charge in [-0.05, 0) is 18.6 Å². The fourth-order valence-corrected chi connectivity index (χ4v) is 1.79. The van der Waals surface area contributed by atoms with Crippen LogP contribution in [0.15, 0.2) is 34.1 Å². The summed E-state index contributed by atoms with van der Waals surface area (Å²) in [6, 6.07) is 2.72. The average Bonchev–Trinajstić information content (AvgIpc) is 2.37. The highest BCUT2D eigenvalue weighted by Crippen LogP contribution is 2.13. The summed E-state index contributed by atoms with van der Waals surface area (Å²) in [5.74, 6) is -1.17. The third-order valence-electron chi connectivity index (χ3n) is 2.59. The first-order chi connectivity index (χ1) is 8.52. The molecule has 0 amide bonds. The van der Waals surface area contributed by atoms with Crippen LogP contribution in [0.1, 0.15) is 18.5 Å². The lowest BCUT2D eigenvalue weighted by Crippen LogP contribution is -2.39. The summed E-state index contributed by atoms with van der Waals surface area (Å²) in [5.41, 5.74) is -1.20. The van der Waals surface area contributed by atoms with Crippen LogP contribution in [0.2, 0.25) is 5.15 Å². The van der Waals surface area contributed by atoms with E-state index in [9.17, 15) is 14.0 Å². The lowest BCUT2D eigenvalue weighted by atomic mass is 10.1. The van der Waals surface area contributed by atoms with Gasteiger partial charge in [-0.1, -0.05) is 17.7 Å². The molecule has 18 heavy (non-hydrogen) atoms. The highest BCUT2D eigenvalue weighted by Gasteiger charge is 2.18. The number of aromatic amines is 1. The predicted molar refractivity (Wildman–Crippen MR) is 64.3 cm³/mol. The number of aromatic nitrogens is 3. The Bertz CT molecular complexity index is 681. The van der Waals surface area contributed by atoms with E-state index in [-0.39, 0.29) is 0 Å². The van der Waals surface area contributed by atoms with E-state index in [1.54, 1.807) is 25.3 Å². The van der Waals surface area contributed by atoms with Crippen LogP contribution >= 0.6 is 11.6 Å². The van der Waals surface area contributed by atoms with E-state index in [0.717, 1.165) is 4.57 Å².